The number of oxime groups is 1. The maximum Gasteiger partial charge on any atom is 0.417 e. The molecule has 1 aromatic heterocycles. The predicted octanol–water partition coefficient (Wildman–Crippen LogP) is 4.25. The van der Waals surface area contributed by atoms with Gasteiger partial charge in [-0.25, -0.2) is 8.78 Å². The summed E-state index contributed by atoms with van der Waals surface area (Å²) < 4.78 is 96.9. The Morgan fingerprint density at radius 3 is 2.52 bits per heavy atom. The summed E-state index contributed by atoms with van der Waals surface area (Å²) in [5.74, 6) is -9.09. The molecular weight excluding hydrogens is 550 g/mol. The van der Waals surface area contributed by atoms with E-state index in [0.717, 1.165) is 25.3 Å². The van der Waals surface area contributed by atoms with Gasteiger partial charge in [0.25, 0.3) is 11.8 Å². The summed E-state index contributed by atoms with van der Waals surface area (Å²) in [6.45, 7) is 0.991. The number of nitrogens with zero attached hydrogens (tertiary/aromatic N) is 2. The normalized spacial score (nSPS) is 25.9. The Labute approximate surface area is 223 Å². The minimum absolute atomic E-state index is 0.000396. The molecule has 2 fully saturated rings. The van der Waals surface area contributed by atoms with Crippen LogP contribution in [0.4, 0.5) is 32.0 Å². The molecule has 1 saturated carbocycles. The fraction of sp³-hybridized carbons (Fsp3) is 0.440. The zero-order valence-electron chi connectivity index (χ0n) is 21.1. The number of halogens is 6. The number of amides is 2. The highest BCUT2D eigenvalue weighted by Gasteiger charge is 2.66. The molecule has 0 spiro atoms. The monoisotopic (exact) mass is 574 g/mol. The highest BCUT2D eigenvalue weighted by atomic mass is 19.4. The van der Waals surface area contributed by atoms with Gasteiger partial charge in [0.15, 0.2) is 22.8 Å². The molecule has 1 aromatic carbocycles. The highest BCUT2D eigenvalue weighted by Crippen LogP contribution is 2.55. The molecule has 4 atom stereocenters. The molecular formula is C25H24F6N4O5. The van der Waals surface area contributed by atoms with Crippen LogP contribution in [0.2, 0.25) is 0 Å². The van der Waals surface area contributed by atoms with Gasteiger partial charge in [-0.05, 0) is 38.0 Å². The molecule has 2 aliphatic rings. The number of ether oxygens (including phenoxy) is 2. The van der Waals surface area contributed by atoms with Crippen LogP contribution >= 0.6 is 0 Å². The van der Waals surface area contributed by atoms with Crippen molar-refractivity contribution >= 4 is 23.2 Å². The molecule has 0 radical (unpaired) electrons. The summed E-state index contributed by atoms with van der Waals surface area (Å²) in [6.07, 6.45) is -5.80. The van der Waals surface area contributed by atoms with Gasteiger partial charge in [0.05, 0.1) is 0 Å². The molecule has 1 saturated heterocycles. The standard InChI is InChI=1S/C25H24F6N4O5/c1-11-17(13-3-4-14(26)18(27)19(13)39-10-16(35-38)24(28)6-7-24)20(40-23(11,2)25(29,30)31)22(37)34-12-5-8-33-15(9-12)21(32)36/h3-5,8-9,11,17,20,38H,6-7,10H2,1-2H3,(H2,32,36)(H,33,34,37)/b35-16+/t11-,17-,20+,23+/m0/s1. The van der Waals surface area contributed by atoms with Gasteiger partial charge in [-0.1, -0.05) is 18.1 Å². The predicted molar refractivity (Wildman–Crippen MR) is 127 cm³/mol. The first kappa shape index (κ1) is 29.1. The third-order valence-corrected chi connectivity index (χ3v) is 7.33. The summed E-state index contributed by atoms with van der Waals surface area (Å²) in [4.78, 5) is 28.5. The second-order valence-corrected chi connectivity index (χ2v) is 9.82. The number of aromatic nitrogens is 1. The molecule has 4 N–H and O–H groups in total. The van der Waals surface area contributed by atoms with Crippen LogP contribution in [0.5, 0.6) is 5.75 Å². The van der Waals surface area contributed by atoms with E-state index in [-0.39, 0.29) is 29.8 Å². The number of benzene rings is 1. The lowest BCUT2D eigenvalue weighted by Gasteiger charge is -2.32. The summed E-state index contributed by atoms with van der Waals surface area (Å²) >= 11 is 0. The second kappa shape index (κ2) is 10.3. The minimum Gasteiger partial charge on any atom is -0.484 e. The van der Waals surface area contributed by atoms with E-state index in [1.54, 1.807) is 0 Å². The van der Waals surface area contributed by atoms with Crippen molar-refractivity contribution in [3.8, 4) is 5.75 Å². The van der Waals surface area contributed by atoms with Gasteiger partial charge in [0.1, 0.15) is 24.1 Å². The number of primary amides is 1. The van der Waals surface area contributed by atoms with Gasteiger partial charge in [-0.15, -0.1) is 0 Å². The van der Waals surface area contributed by atoms with E-state index in [1.165, 1.54) is 6.07 Å². The minimum atomic E-state index is -5.00. The topological polar surface area (TPSA) is 136 Å². The van der Waals surface area contributed by atoms with E-state index in [2.05, 4.69) is 15.5 Å². The van der Waals surface area contributed by atoms with Crippen molar-refractivity contribution in [3.05, 3.63) is 53.4 Å². The molecule has 2 amide bonds. The van der Waals surface area contributed by atoms with E-state index in [0.29, 0.717) is 13.0 Å². The lowest BCUT2D eigenvalue weighted by atomic mass is 9.77. The van der Waals surface area contributed by atoms with E-state index in [4.69, 9.17) is 20.4 Å². The first-order valence-electron chi connectivity index (χ1n) is 11.9. The number of nitrogens with one attached hydrogen (secondary N) is 1. The van der Waals surface area contributed by atoms with Crippen molar-refractivity contribution in [2.45, 2.75) is 56.2 Å². The fourth-order valence-corrected chi connectivity index (χ4v) is 4.62. The molecule has 1 aliphatic carbocycles. The maximum atomic E-state index is 15.0. The average Bonchev–Trinajstić information content (AvgIpc) is 3.57. The Bertz CT molecular complexity index is 1370. The molecule has 2 aromatic rings. The number of pyridine rings is 1. The summed E-state index contributed by atoms with van der Waals surface area (Å²) in [5, 5.41) is 14.3. The van der Waals surface area contributed by atoms with Crippen LogP contribution in [0.1, 0.15) is 48.7 Å². The van der Waals surface area contributed by atoms with Crippen molar-refractivity contribution in [1.82, 2.24) is 4.98 Å². The number of hydrogen-bond donors (Lipinski definition) is 3. The molecule has 15 heteroatoms. The molecule has 2 heterocycles. The SMILES string of the molecule is C[C@H]1[C@@H](c2ccc(F)c(F)c2OC/C(=N\O)C2(F)CC2)[C@H](C(=O)Nc2ccnc(C(N)=O)c2)O[C@@]1(C)C(F)(F)F. The third kappa shape index (κ3) is 5.17. The van der Waals surface area contributed by atoms with E-state index >= 15 is 4.39 Å². The third-order valence-electron chi connectivity index (χ3n) is 7.33. The zero-order valence-corrected chi connectivity index (χ0v) is 21.1. The smallest absolute Gasteiger partial charge is 0.417 e. The Morgan fingerprint density at radius 2 is 1.95 bits per heavy atom. The number of nitrogens with two attached hydrogens (primary N) is 1. The Kier molecular flexibility index (Phi) is 7.47. The lowest BCUT2D eigenvalue weighted by molar-refractivity contribution is -0.272. The van der Waals surface area contributed by atoms with Crippen molar-refractivity contribution < 1.29 is 50.6 Å². The van der Waals surface area contributed by atoms with Crippen LogP contribution in [0.15, 0.2) is 35.6 Å². The average molecular weight is 574 g/mol. The molecule has 0 bridgehead atoms. The first-order chi connectivity index (χ1) is 18.6. The van der Waals surface area contributed by atoms with Gasteiger partial charge < -0.3 is 25.7 Å². The molecule has 216 valence electrons. The first-order valence-corrected chi connectivity index (χ1v) is 11.9. The van der Waals surface area contributed by atoms with E-state index in [9.17, 15) is 31.5 Å². The van der Waals surface area contributed by atoms with Crippen LogP contribution < -0.4 is 15.8 Å². The molecule has 40 heavy (non-hydrogen) atoms. The lowest BCUT2D eigenvalue weighted by Crippen LogP contribution is -2.47. The summed E-state index contributed by atoms with van der Waals surface area (Å²) in [5.41, 5.74) is -0.928. The van der Waals surface area contributed by atoms with E-state index in [1.807, 2.05) is 0 Å². The highest BCUT2D eigenvalue weighted by molar-refractivity contribution is 5.97. The number of alkyl halides is 4. The van der Waals surface area contributed by atoms with Crippen LogP contribution in [0.25, 0.3) is 0 Å². The Balaban J connectivity index is 1.75. The van der Waals surface area contributed by atoms with Gasteiger partial charge in [-0.2, -0.15) is 17.6 Å². The zero-order chi connectivity index (χ0) is 29.6. The summed E-state index contributed by atoms with van der Waals surface area (Å²) in [7, 11) is 0. The Hall–Kier alpha value is -3.88. The second-order valence-electron chi connectivity index (χ2n) is 9.82. The van der Waals surface area contributed by atoms with Gasteiger partial charge >= 0.3 is 6.18 Å². The van der Waals surface area contributed by atoms with Gasteiger partial charge in [0.2, 0.25) is 5.82 Å². The molecule has 9 nitrogen and oxygen atoms in total. The Morgan fingerprint density at radius 1 is 1.27 bits per heavy atom. The van der Waals surface area contributed by atoms with Crippen molar-refractivity contribution in [1.29, 1.82) is 0 Å². The number of rotatable bonds is 8. The molecule has 4 rings (SSSR count). The maximum absolute atomic E-state index is 15.0. The number of carbonyl (C=O) groups excluding carboxylic acids is 2. The quantitative estimate of drug-likeness (QED) is 0.187. The fourth-order valence-electron chi connectivity index (χ4n) is 4.62. The van der Waals surface area contributed by atoms with Crippen LogP contribution in [-0.4, -0.2) is 57.9 Å². The van der Waals surface area contributed by atoms with Crippen LogP contribution in [0.3, 0.4) is 0 Å². The number of hydrogen-bond acceptors (Lipinski definition) is 7. The van der Waals surface area contributed by atoms with Crippen molar-refractivity contribution in [2.75, 3.05) is 11.9 Å². The summed E-state index contributed by atoms with van der Waals surface area (Å²) in [6, 6.07) is 3.91. The van der Waals surface area contributed by atoms with Crippen LogP contribution in [0, 0.1) is 17.6 Å². The molecule has 1 aliphatic heterocycles. The van der Waals surface area contributed by atoms with E-state index < -0.39 is 76.9 Å². The van der Waals surface area contributed by atoms with Crippen molar-refractivity contribution in [2.24, 2.45) is 16.8 Å². The van der Waals surface area contributed by atoms with Gasteiger partial charge in [-0.3, -0.25) is 14.6 Å². The van der Waals surface area contributed by atoms with Gasteiger partial charge in [0, 0.05) is 29.3 Å². The largest absolute Gasteiger partial charge is 0.484 e. The number of carbonyl (C=O) groups is 2. The number of anilines is 1. The molecule has 0 unspecified atom stereocenters. The van der Waals surface area contributed by atoms with Crippen molar-refractivity contribution in [3.63, 3.8) is 0 Å². The van der Waals surface area contributed by atoms with Crippen LogP contribution in [-0.2, 0) is 9.53 Å².